The van der Waals surface area contributed by atoms with Gasteiger partial charge in [-0.3, -0.25) is 4.79 Å². The third-order valence-electron chi connectivity index (χ3n) is 3.01. The van der Waals surface area contributed by atoms with Crippen molar-refractivity contribution < 1.29 is 9.53 Å². The number of aromatic nitrogens is 3. The van der Waals surface area contributed by atoms with Crippen LogP contribution in [0.4, 0.5) is 0 Å². The monoisotopic (exact) mass is 261 g/mol. The molecule has 0 saturated carbocycles. The maximum Gasteiger partial charge on any atom is 0.316 e. The number of ether oxygens (including phenoxy) is 1. The lowest BCUT2D eigenvalue weighted by Gasteiger charge is -2.12. The number of carbonyl (C=O) groups is 1. The molecule has 0 saturated heterocycles. The summed E-state index contributed by atoms with van der Waals surface area (Å²) in [7, 11) is 0. The highest BCUT2D eigenvalue weighted by Crippen LogP contribution is 2.22. The van der Waals surface area contributed by atoms with Crippen LogP contribution in [0.3, 0.4) is 0 Å². The van der Waals surface area contributed by atoms with Crippen LogP contribution in [0.25, 0.3) is 11.2 Å². The lowest BCUT2D eigenvalue weighted by atomic mass is 10.1. The zero-order valence-electron chi connectivity index (χ0n) is 11.6. The van der Waals surface area contributed by atoms with Gasteiger partial charge in [0.2, 0.25) is 0 Å². The van der Waals surface area contributed by atoms with E-state index in [0.29, 0.717) is 6.61 Å². The number of hydrogen-bond acceptors (Lipinski definition) is 4. The van der Waals surface area contributed by atoms with Gasteiger partial charge >= 0.3 is 5.97 Å². The number of hydrogen-bond donors (Lipinski definition) is 0. The van der Waals surface area contributed by atoms with Gasteiger partial charge < -0.3 is 9.30 Å². The Morgan fingerprint density at radius 3 is 2.95 bits per heavy atom. The average Bonchev–Trinajstić information content (AvgIpc) is 2.78. The molecule has 2 aromatic rings. The van der Waals surface area contributed by atoms with Crippen LogP contribution < -0.4 is 0 Å². The van der Waals surface area contributed by atoms with E-state index in [0.717, 1.165) is 30.0 Å². The van der Waals surface area contributed by atoms with Gasteiger partial charge in [-0.2, -0.15) is 0 Å². The first-order chi connectivity index (χ1) is 9.19. The second kappa shape index (κ2) is 5.82. The Labute approximate surface area is 112 Å². The Bertz CT molecular complexity index is 577. The number of rotatable bonds is 5. The minimum absolute atomic E-state index is 0.241. The molecule has 0 bridgehead atoms. The van der Waals surface area contributed by atoms with E-state index in [1.54, 1.807) is 13.1 Å². The van der Waals surface area contributed by atoms with Crippen molar-refractivity contribution in [3.05, 3.63) is 24.2 Å². The normalized spacial score (nSPS) is 12.6. The largest absolute Gasteiger partial charge is 0.465 e. The lowest BCUT2D eigenvalue weighted by molar-refractivity contribution is -0.144. The molecule has 2 heterocycles. The maximum atomic E-state index is 11.9. The molecule has 0 aromatic carbocycles. The highest BCUT2D eigenvalue weighted by atomic mass is 16.5. The predicted molar refractivity (Wildman–Crippen MR) is 72.9 cm³/mol. The van der Waals surface area contributed by atoms with E-state index >= 15 is 0 Å². The van der Waals surface area contributed by atoms with Gasteiger partial charge in [-0.05, 0) is 32.4 Å². The summed E-state index contributed by atoms with van der Waals surface area (Å²) in [5.74, 6) is 0.116. The van der Waals surface area contributed by atoms with E-state index in [-0.39, 0.29) is 11.9 Å². The Hall–Kier alpha value is -1.91. The van der Waals surface area contributed by atoms with Gasteiger partial charge in [0.25, 0.3) is 0 Å². The SMILES string of the molecule is CCCn1c(C(C)C(=O)OCC)nc2cccnc21. The standard InChI is InChI=1S/C14H19N3O2/c1-4-9-17-12(10(3)14(18)19-5-2)16-11-7-6-8-15-13(11)17/h6-8,10H,4-5,9H2,1-3H3. The molecule has 0 fully saturated rings. The lowest BCUT2D eigenvalue weighted by Crippen LogP contribution is -2.17. The second-order valence-corrected chi connectivity index (χ2v) is 4.44. The number of fused-ring (bicyclic) bond motifs is 1. The third kappa shape index (κ3) is 2.59. The minimum atomic E-state index is -0.374. The molecule has 2 rings (SSSR count). The van der Waals surface area contributed by atoms with E-state index in [9.17, 15) is 4.79 Å². The minimum Gasteiger partial charge on any atom is -0.465 e. The van der Waals surface area contributed by atoms with Crippen LogP contribution in [0.15, 0.2) is 18.3 Å². The molecule has 0 N–H and O–H groups in total. The predicted octanol–water partition coefficient (Wildman–Crippen LogP) is 2.51. The van der Waals surface area contributed by atoms with Crippen molar-refractivity contribution in [3.63, 3.8) is 0 Å². The fourth-order valence-electron chi connectivity index (χ4n) is 2.12. The number of aryl methyl sites for hydroxylation is 1. The van der Waals surface area contributed by atoms with Gasteiger partial charge in [-0.1, -0.05) is 6.92 Å². The van der Waals surface area contributed by atoms with E-state index in [1.807, 2.05) is 23.6 Å². The Kier molecular flexibility index (Phi) is 4.14. The molecule has 5 nitrogen and oxygen atoms in total. The summed E-state index contributed by atoms with van der Waals surface area (Å²) in [4.78, 5) is 20.8. The Morgan fingerprint density at radius 2 is 2.26 bits per heavy atom. The average molecular weight is 261 g/mol. The van der Waals surface area contributed by atoms with Crippen molar-refractivity contribution in [3.8, 4) is 0 Å². The number of esters is 1. The molecule has 0 radical (unpaired) electrons. The number of nitrogens with zero attached hydrogens (tertiary/aromatic N) is 3. The molecule has 1 unspecified atom stereocenters. The Balaban J connectivity index is 2.46. The van der Waals surface area contributed by atoms with E-state index in [1.165, 1.54) is 0 Å². The van der Waals surface area contributed by atoms with Crippen LogP contribution in [0.1, 0.15) is 38.9 Å². The van der Waals surface area contributed by atoms with E-state index in [2.05, 4.69) is 16.9 Å². The Morgan fingerprint density at radius 1 is 1.47 bits per heavy atom. The molecule has 0 aliphatic rings. The highest BCUT2D eigenvalue weighted by Gasteiger charge is 2.23. The smallest absolute Gasteiger partial charge is 0.316 e. The summed E-state index contributed by atoms with van der Waals surface area (Å²) in [6.07, 6.45) is 2.71. The fourth-order valence-corrected chi connectivity index (χ4v) is 2.12. The first-order valence-corrected chi connectivity index (χ1v) is 6.66. The zero-order chi connectivity index (χ0) is 13.8. The van der Waals surface area contributed by atoms with Crippen LogP contribution in [-0.4, -0.2) is 27.1 Å². The first kappa shape index (κ1) is 13.5. The summed E-state index contributed by atoms with van der Waals surface area (Å²) in [5, 5.41) is 0. The van der Waals surface area contributed by atoms with Gasteiger partial charge in [0.05, 0.1) is 6.61 Å². The molecular formula is C14H19N3O2. The summed E-state index contributed by atoms with van der Waals surface area (Å²) in [6.45, 7) is 6.90. The maximum absolute atomic E-state index is 11.9. The van der Waals surface area contributed by atoms with E-state index < -0.39 is 0 Å². The number of carbonyl (C=O) groups excluding carboxylic acids is 1. The van der Waals surface area contributed by atoms with Crippen LogP contribution >= 0.6 is 0 Å². The summed E-state index contributed by atoms with van der Waals surface area (Å²) in [5.41, 5.74) is 1.65. The van der Waals surface area contributed by atoms with Crippen molar-refractivity contribution in [2.75, 3.05) is 6.61 Å². The van der Waals surface area contributed by atoms with Crippen LogP contribution in [0.5, 0.6) is 0 Å². The quantitative estimate of drug-likeness (QED) is 0.776. The highest BCUT2D eigenvalue weighted by molar-refractivity contribution is 5.79. The number of imidazole rings is 1. The van der Waals surface area contributed by atoms with Crippen LogP contribution in [0.2, 0.25) is 0 Å². The van der Waals surface area contributed by atoms with Crippen molar-refractivity contribution in [1.82, 2.24) is 14.5 Å². The van der Waals surface area contributed by atoms with Gasteiger partial charge in [0, 0.05) is 12.7 Å². The number of pyridine rings is 1. The van der Waals surface area contributed by atoms with Crippen LogP contribution in [0, 0.1) is 0 Å². The molecule has 5 heteroatoms. The van der Waals surface area contributed by atoms with Crippen LogP contribution in [-0.2, 0) is 16.1 Å². The summed E-state index contributed by atoms with van der Waals surface area (Å²) < 4.78 is 7.09. The molecule has 2 aromatic heterocycles. The van der Waals surface area contributed by atoms with E-state index in [4.69, 9.17) is 4.74 Å². The first-order valence-electron chi connectivity index (χ1n) is 6.66. The zero-order valence-corrected chi connectivity index (χ0v) is 11.6. The molecule has 102 valence electrons. The van der Waals surface area contributed by atoms with Crippen molar-refractivity contribution >= 4 is 17.1 Å². The molecule has 19 heavy (non-hydrogen) atoms. The summed E-state index contributed by atoms with van der Waals surface area (Å²) >= 11 is 0. The molecule has 0 aliphatic carbocycles. The van der Waals surface area contributed by atoms with Crippen molar-refractivity contribution in [2.45, 2.75) is 39.7 Å². The fraction of sp³-hybridized carbons (Fsp3) is 0.500. The molecular weight excluding hydrogens is 242 g/mol. The third-order valence-corrected chi connectivity index (χ3v) is 3.01. The van der Waals surface area contributed by atoms with Crippen molar-refractivity contribution in [2.24, 2.45) is 0 Å². The summed E-state index contributed by atoms with van der Waals surface area (Å²) in [6, 6.07) is 3.76. The van der Waals surface area contributed by atoms with Gasteiger partial charge in [-0.15, -0.1) is 0 Å². The second-order valence-electron chi connectivity index (χ2n) is 4.44. The molecule has 0 aliphatic heterocycles. The van der Waals surface area contributed by atoms with Gasteiger partial charge in [0.1, 0.15) is 17.3 Å². The molecule has 0 spiro atoms. The van der Waals surface area contributed by atoms with Crippen molar-refractivity contribution in [1.29, 1.82) is 0 Å². The molecule has 0 amide bonds. The van der Waals surface area contributed by atoms with Gasteiger partial charge in [-0.25, -0.2) is 9.97 Å². The molecule has 1 atom stereocenters. The van der Waals surface area contributed by atoms with Gasteiger partial charge in [0.15, 0.2) is 5.65 Å². The topological polar surface area (TPSA) is 57.0 Å².